The summed E-state index contributed by atoms with van der Waals surface area (Å²) in [6.45, 7) is 0. The van der Waals surface area contributed by atoms with E-state index in [1.165, 1.54) is 17.7 Å². The lowest BCUT2D eigenvalue weighted by molar-refractivity contribution is 0.627. The first-order chi connectivity index (χ1) is 10.7. The Morgan fingerprint density at radius 1 is 1.23 bits per heavy atom. The van der Waals surface area contributed by atoms with Gasteiger partial charge in [0.25, 0.3) is 0 Å². The van der Waals surface area contributed by atoms with Gasteiger partial charge in [-0.1, -0.05) is 29.8 Å². The van der Waals surface area contributed by atoms with Gasteiger partial charge in [0.05, 0.1) is 16.7 Å². The summed E-state index contributed by atoms with van der Waals surface area (Å²) in [6.07, 6.45) is 6.29. The quantitative estimate of drug-likeness (QED) is 0.653. The molecule has 4 rings (SSSR count). The molecule has 0 radical (unpaired) electrons. The molecule has 3 aromatic rings. The van der Waals surface area contributed by atoms with Gasteiger partial charge >= 0.3 is 0 Å². The van der Waals surface area contributed by atoms with Crippen LogP contribution < -0.4 is 0 Å². The van der Waals surface area contributed by atoms with Gasteiger partial charge in [-0.25, -0.2) is 4.39 Å². The second-order valence-corrected chi connectivity index (χ2v) is 6.12. The molecule has 0 saturated heterocycles. The minimum absolute atomic E-state index is 0.302. The first kappa shape index (κ1) is 13.5. The van der Waals surface area contributed by atoms with Crippen LogP contribution in [0.1, 0.15) is 24.0 Å². The van der Waals surface area contributed by atoms with Crippen molar-refractivity contribution < 1.29 is 4.39 Å². The maximum absolute atomic E-state index is 13.3. The predicted octanol–water partition coefficient (Wildman–Crippen LogP) is 5.31. The minimum atomic E-state index is -0.302. The number of aromatic amines is 1. The van der Waals surface area contributed by atoms with Crippen molar-refractivity contribution in [2.75, 3.05) is 0 Å². The number of H-pyrrole nitrogens is 1. The first-order valence-electron chi connectivity index (χ1n) is 7.31. The van der Waals surface area contributed by atoms with Gasteiger partial charge in [0.1, 0.15) is 5.82 Å². The molecule has 1 N–H and O–H groups in total. The number of allylic oxidation sites excluding steroid dienone is 1. The van der Waals surface area contributed by atoms with Crippen LogP contribution in [0.5, 0.6) is 0 Å². The van der Waals surface area contributed by atoms with Crippen molar-refractivity contribution in [2.45, 2.75) is 12.8 Å². The lowest BCUT2D eigenvalue weighted by Crippen LogP contribution is -1.90. The Balaban J connectivity index is 1.80. The molecule has 1 heterocycles. The lowest BCUT2D eigenvalue weighted by atomic mass is 9.98. The molecule has 0 aliphatic heterocycles. The van der Waals surface area contributed by atoms with Crippen LogP contribution in [-0.2, 0) is 0 Å². The third-order valence-corrected chi connectivity index (χ3v) is 4.36. The summed E-state index contributed by atoms with van der Waals surface area (Å²) in [5.41, 5.74) is 4.24. The van der Waals surface area contributed by atoms with Crippen molar-refractivity contribution >= 4 is 34.2 Å². The molecule has 0 amide bonds. The topological polar surface area (TPSA) is 28.7 Å². The molecule has 4 heteroatoms. The molecule has 1 saturated carbocycles. The predicted molar refractivity (Wildman–Crippen MR) is 88.1 cm³/mol. The smallest absolute Gasteiger partial charge is 0.124 e. The molecule has 1 fully saturated rings. The van der Waals surface area contributed by atoms with Crippen LogP contribution in [0.25, 0.3) is 22.6 Å². The van der Waals surface area contributed by atoms with Crippen LogP contribution in [0, 0.1) is 11.7 Å². The van der Waals surface area contributed by atoms with E-state index < -0.39 is 0 Å². The number of fused-ring (bicyclic) bond motifs is 1. The van der Waals surface area contributed by atoms with E-state index in [4.69, 9.17) is 11.6 Å². The maximum Gasteiger partial charge on any atom is 0.124 e. The molecule has 110 valence electrons. The Bertz CT molecular complexity index is 878. The van der Waals surface area contributed by atoms with E-state index in [1.807, 2.05) is 12.3 Å². The first-order valence-corrected chi connectivity index (χ1v) is 7.68. The monoisotopic (exact) mass is 312 g/mol. The summed E-state index contributed by atoms with van der Waals surface area (Å²) in [7, 11) is 0. The van der Waals surface area contributed by atoms with Crippen LogP contribution in [0.15, 0.2) is 42.6 Å². The van der Waals surface area contributed by atoms with Gasteiger partial charge < -0.3 is 0 Å². The summed E-state index contributed by atoms with van der Waals surface area (Å²) in [5, 5.41) is 8.54. The van der Waals surface area contributed by atoms with Crippen molar-refractivity contribution in [3.63, 3.8) is 0 Å². The zero-order chi connectivity index (χ0) is 15.1. The zero-order valence-corrected chi connectivity index (χ0v) is 12.6. The second-order valence-electron chi connectivity index (χ2n) is 5.71. The molecule has 2 nitrogen and oxygen atoms in total. The van der Waals surface area contributed by atoms with E-state index >= 15 is 0 Å². The largest absolute Gasteiger partial charge is 0.278 e. The summed E-state index contributed by atoms with van der Waals surface area (Å²) in [6, 6.07) is 10.8. The fourth-order valence-electron chi connectivity index (χ4n) is 2.76. The molecule has 1 aromatic heterocycles. The number of hydrogen-bond acceptors (Lipinski definition) is 1. The van der Waals surface area contributed by atoms with E-state index in [1.54, 1.807) is 6.07 Å². The average molecular weight is 313 g/mol. The number of halogens is 2. The maximum atomic E-state index is 13.3. The highest BCUT2D eigenvalue weighted by atomic mass is 35.5. The highest BCUT2D eigenvalue weighted by molar-refractivity contribution is 6.32. The average Bonchev–Trinajstić information content (AvgIpc) is 3.23. The number of benzene rings is 2. The van der Waals surface area contributed by atoms with E-state index in [0.29, 0.717) is 10.9 Å². The van der Waals surface area contributed by atoms with E-state index in [0.717, 1.165) is 34.9 Å². The van der Waals surface area contributed by atoms with Crippen molar-refractivity contribution in [2.24, 2.45) is 5.92 Å². The highest BCUT2D eigenvalue weighted by Crippen LogP contribution is 2.44. The molecule has 0 atom stereocenters. The molecule has 0 spiro atoms. The molecule has 2 aromatic carbocycles. The molecule has 1 aliphatic rings. The Labute approximate surface area is 132 Å². The van der Waals surface area contributed by atoms with Gasteiger partial charge in [-0.2, -0.15) is 5.10 Å². The van der Waals surface area contributed by atoms with Crippen LogP contribution in [0.4, 0.5) is 4.39 Å². The molecular weight excluding hydrogens is 299 g/mol. The summed E-state index contributed by atoms with van der Waals surface area (Å²) in [4.78, 5) is 0. The van der Waals surface area contributed by atoms with Crippen molar-refractivity contribution in [3.8, 4) is 0 Å². The van der Waals surface area contributed by atoms with E-state index in [-0.39, 0.29) is 5.82 Å². The van der Waals surface area contributed by atoms with Crippen molar-refractivity contribution in [3.05, 3.63) is 64.6 Å². The molecular formula is C18H14ClFN2. The van der Waals surface area contributed by atoms with Gasteiger partial charge in [-0.05, 0) is 59.7 Å². The van der Waals surface area contributed by atoms with E-state index in [2.05, 4.69) is 28.4 Å². The third-order valence-electron chi connectivity index (χ3n) is 4.05. The molecule has 22 heavy (non-hydrogen) atoms. The number of nitrogens with one attached hydrogen (secondary N) is 1. The van der Waals surface area contributed by atoms with Crippen LogP contribution >= 0.6 is 11.6 Å². The Hall–Kier alpha value is -2.13. The highest BCUT2D eigenvalue weighted by Gasteiger charge is 2.28. The number of hydrogen-bond donors (Lipinski definition) is 1. The van der Waals surface area contributed by atoms with Gasteiger partial charge in [0.2, 0.25) is 0 Å². The molecule has 0 bridgehead atoms. The van der Waals surface area contributed by atoms with Gasteiger partial charge in [0.15, 0.2) is 0 Å². The van der Waals surface area contributed by atoms with Gasteiger partial charge in [-0.15, -0.1) is 0 Å². The van der Waals surface area contributed by atoms with E-state index in [9.17, 15) is 4.39 Å². The fourth-order valence-corrected chi connectivity index (χ4v) is 3.04. The molecule has 1 aliphatic carbocycles. The summed E-state index contributed by atoms with van der Waals surface area (Å²) >= 11 is 6.24. The SMILES string of the molecule is Fc1ccc(/C(=C/c2ccc3[nH]ncc3c2)C2CC2)c(Cl)c1. The summed E-state index contributed by atoms with van der Waals surface area (Å²) < 4.78 is 13.3. The summed E-state index contributed by atoms with van der Waals surface area (Å²) in [5.74, 6) is 0.215. The van der Waals surface area contributed by atoms with Gasteiger partial charge in [-0.3, -0.25) is 5.10 Å². The Kier molecular flexibility index (Phi) is 3.23. The van der Waals surface area contributed by atoms with Crippen molar-refractivity contribution in [1.82, 2.24) is 10.2 Å². The standard InChI is InChI=1S/C18H14ClFN2/c19-17-9-14(20)4-5-15(17)16(12-2-3-12)8-11-1-6-18-13(7-11)10-21-22-18/h1,4-10,12H,2-3H2,(H,21,22)/b16-8+. The lowest BCUT2D eigenvalue weighted by Gasteiger charge is -2.09. The number of aromatic nitrogens is 2. The Morgan fingerprint density at radius 2 is 2.09 bits per heavy atom. The Morgan fingerprint density at radius 3 is 2.86 bits per heavy atom. The van der Waals surface area contributed by atoms with Gasteiger partial charge in [0, 0.05) is 5.39 Å². The zero-order valence-electron chi connectivity index (χ0n) is 11.8. The third kappa shape index (κ3) is 2.53. The normalized spacial score (nSPS) is 15.5. The number of nitrogens with zero attached hydrogens (tertiary/aromatic N) is 1. The fraction of sp³-hybridized carbons (Fsp3) is 0.167. The van der Waals surface area contributed by atoms with Crippen LogP contribution in [0.3, 0.4) is 0 Å². The van der Waals surface area contributed by atoms with Crippen LogP contribution in [-0.4, -0.2) is 10.2 Å². The number of rotatable bonds is 3. The molecule has 0 unspecified atom stereocenters. The second kappa shape index (κ2) is 5.25. The van der Waals surface area contributed by atoms with Crippen LogP contribution in [0.2, 0.25) is 5.02 Å². The minimum Gasteiger partial charge on any atom is -0.278 e. The van der Waals surface area contributed by atoms with Crippen molar-refractivity contribution in [1.29, 1.82) is 0 Å².